The molecule has 0 radical (unpaired) electrons. The third-order valence-corrected chi connectivity index (χ3v) is 7.18. The smallest absolute Gasteiger partial charge is 0.319 e. The van der Waals surface area contributed by atoms with Gasteiger partial charge in [0.1, 0.15) is 23.4 Å². The molecule has 1 N–H and O–H groups in total. The van der Waals surface area contributed by atoms with Crippen molar-refractivity contribution >= 4 is 22.6 Å². The molecule has 3 aromatic rings. The number of nitrogens with zero attached hydrogens (tertiary/aromatic N) is 5. The number of fused-ring (bicyclic) bond motifs is 1. The van der Waals surface area contributed by atoms with Crippen LogP contribution in [0.2, 0.25) is 0 Å². The molecule has 4 heterocycles. The van der Waals surface area contributed by atoms with E-state index in [1.807, 2.05) is 19.1 Å². The Bertz CT molecular complexity index is 1210. The number of ether oxygens (including phenoxy) is 3. The molecule has 1 aliphatic rings. The van der Waals surface area contributed by atoms with E-state index in [9.17, 15) is 4.79 Å². The number of pyridine rings is 1. The van der Waals surface area contributed by atoms with Crippen molar-refractivity contribution in [3.8, 4) is 11.8 Å². The van der Waals surface area contributed by atoms with E-state index in [4.69, 9.17) is 19.2 Å². The number of carbonyl (C=O) groups excluding carboxylic acids is 1. The first-order chi connectivity index (χ1) is 17.8. The average Bonchev–Trinajstić information content (AvgIpc) is 3.32. The monoisotopic (exact) mass is 510 g/mol. The molecule has 10 heteroatoms. The van der Waals surface area contributed by atoms with Gasteiger partial charge in [-0.1, -0.05) is 27.2 Å². The van der Waals surface area contributed by atoms with Crippen molar-refractivity contribution in [1.82, 2.24) is 25.1 Å². The maximum atomic E-state index is 13.1. The summed E-state index contributed by atoms with van der Waals surface area (Å²) >= 11 is 0. The van der Waals surface area contributed by atoms with E-state index in [0.29, 0.717) is 30.2 Å². The number of methoxy groups -OCH3 is 2. The number of piperidine rings is 1. The Morgan fingerprint density at radius 3 is 2.78 bits per heavy atom. The standard InChI is InChI=1S/C27H38N6O4/c1-7-16(2)12-21(34)20-13-23(30-27(29-20)37-18(4)15-35-5)33-11-9-19(17(3)14-33)25-24-22(36-6)8-10-28-26(24)32-31-25/h8,10,13,16-19H,7,9,11-12,14-15H2,1-6H3,(H,28,31,32)/t16-,17+,18-,19+/m1/s1. The fourth-order valence-electron chi connectivity index (χ4n) is 4.95. The fraction of sp³-hybridized carbons (Fsp3) is 0.593. The van der Waals surface area contributed by atoms with Crippen LogP contribution in [0.25, 0.3) is 11.0 Å². The summed E-state index contributed by atoms with van der Waals surface area (Å²) in [5, 5.41) is 8.58. The Morgan fingerprint density at radius 1 is 1.27 bits per heavy atom. The zero-order valence-corrected chi connectivity index (χ0v) is 22.7. The van der Waals surface area contributed by atoms with Gasteiger partial charge in [-0.25, -0.2) is 4.98 Å². The van der Waals surface area contributed by atoms with Crippen LogP contribution in [0.1, 0.15) is 69.1 Å². The van der Waals surface area contributed by atoms with Gasteiger partial charge in [-0.05, 0) is 31.2 Å². The molecule has 200 valence electrons. The van der Waals surface area contributed by atoms with Crippen molar-refractivity contribution in [2.75, 3.05) is 38.8 Å². The van der Waals surface area contributed by atoms with Gasteiger partial charge in [-0.2, -0.15) is 15.1 Å². The van der Waals surface area contributed by atoms with Gasteiger partial charge in [0.25, 0.3) is 0 Å². The van der Waals surface area contributed by atoms with E-state index in [0.717, 1.165) is 42.8 Å². The Morgan fingerprint density at radius 2 is 2.08 bits per heavy atom. The maximum absolute atomic E-state index is 13.1. The zero-order valence-electron chi connectivity index (χ0n) is 22.7. The van der Waals surface area contributed by atoms with Crippen molar-refractivity contribution in [3.63, 3.8) is 0 Å². The van der Waals surface area contributed by atoms with Gasteiger partial charge < -0.3 is 19.1 Å². The molecule has 4 rings (SSSR count). The molecule has 0 unspecified atom stereocenters. The van der Waals surface area contributed by atoms with Crippen LogP contribution >= 0.6 is 0 Å². The largest absolute Gasteiger partial charge is 0.496 e. The number of ketones is 1. The Hall–Kier alpha value is -3.27. The number of H-pyrrole nitrogens is 1. The number of hydrogen-bond donors (Lipinski definition) is 1. The van der Waals surface area contributed by atoms with Crippen LogP contribution in [0.4, 0.5) is 5.82 Å². The lowest BCUT2D eigenvalue weighted by molar-refractivity contribution is 0.0844. The van der Waals surface area contributed by atoms with Gasteiger partial charge in [0, 0.05) is 44.8 Å². The predicted molar refractivity (Wildman–Crippen MR) is 142 cm³/mol. The number of aromatic amines is 1. The molecule has 1 saturated heterocycles. The number of anilines is 1. The van der Waals surface area contributed by atoms with Crippen LogP contribution in [0, 0.1) is 11.8 Å². The van der Waals surface area contributed by atoms with Gasteiger partial charge in [0.05, 0.1) is 24.8 Å². The number of carbonyl (C=O) groups is 1. The lowest BCUT2D eigenvalue weighted by Crippen LogP contribution is -2.39. The second-order valence-corrected chi connectivity index (χ2v) is 10.1. The molecule has 37 heavy (non-hydrogen) atoms. The minimum absolute atomic E-state index is 0.00806. The van der Waals surface area contributed by atoms with Crippen molar-refractivity contribution in [3.05, 3.63) is 29.7 Å². The Balaban J connectivity index is 1.59. The lowest BCUT2D eigenvalue weighted by atomic mass is 9.83. The van der Waals surface area contributed by atoms with Crippen LogP contribution in [0.5, 0.6) is 11.8 Å². The van der Waals surface area contributed by atoms with Gasteiger partial charge in [0.15, 0.2) is 11.4 Å². The van der Waals surface area contributed by atoms with Crippen LogP contribution < -0.4 is 14.4 Å². The minimum atomic E-state index is -0.236. The van der Waals surface area contributed by atoms with E-state index in [1.165, 1.54) is 0 Å². The van der Waals surface area contributed by atoms with Gasteiger partial charge in [-0.15, -0.1) is 0 Å². The molecule has 0 amide bonds. The Labute approximate surface area is 218 Å². The molecular weight excluding hydrogens is 472 g/mol. The molecule has 4 atom stereocenters. The molecular formula is C27H38N6O4. The topological polar surface area (TPSA) is 115 Å². The van der Waals surface area contributed by atoms with Crippen LogP contribution in [-0.2, 0) is 4.74 Å². The minimum Gasteiger partial charge on any atom is -0.496 e. The highest BCUT2D eigenvalue weighted by Gasteiger charge is 2.32. The summed E-state index contributed by atoms with van der Waals surface area (Å²) in [6.07, 6.45) is 3.74. The first kappa shape index (κ1) is 26.8. The SMILES string of the molecule is CC[C@@H](C)CC(=O)c1cc(N2CC[C@H](c3[nH]nc4nccc(OC)c34)[C@@H](C)C2)nc(O[C@H](C)COC)n1. The summed E-state index contributed by atoms with van der Waals surface area (Å²) in [7, 11) is 3.29. The molecule has 0 spiro atoms. The van der Waals surface area contributed by atoms with Crippen molar-refractivity contribution < 1.29 is 19.0 Å². The summed E-state index contributed by atoms with van der Waals surface area (Å²) in [6, 6.07) is 3.88. The molecule has 0 aliphatic carbocycles. The fourth-order valence-corrected chi connectivity index (χ4v) is 4.95. The maximum Gasteiger partial charge on any atom is 0.319 e. The predicted octanol–water partition coefficient (Wildman–Crippen LogP) is 4.42. The second-order valence-electron chi connectivity index (χ2n) is 10.1. The first-order valence-electron chi connectivity index (χ1n) is 13.0. The van der Waals surface area contributed by atoms with E-state index >= 15 is 0 Å². The average molecular weight is 511 g/mol. The third-order valence-electron chi connectivity index (χ3n) is 7.18. The highest BCUT2D eigenvalue weighted by atomic mass is 16.5. The molecule has 1 fully saturated rings. The van der Waals surface area contributed by atoms with E-state index in [1.54, 1.807) is 20.4 Å². The quantitative estimate of drug-likeness (QED) is 0.374. The summed E-state index contributed by atoms with van der Waals surface area (Å²) in [6.45, 7) is 10.2. The lowest BCUT2D eigenvalue weighted by Gasteiger charge is -2.37. The van der Waals surface area contributed by atoms with E-state index < -0.39 is 0 Å². The number of hydrogen-bond acceptors (Lipinski definition) is 9. The highest BCUT2D eigenvalue weighted by molar-refractivity contribution is 5.95. The van der Waals surface area contributed by atoms with Crippen molar-refractivity contribution in [2.24, 2.45) is 11.8 Å². The summed E-state index contributed by atoms with van der Waals surface area (Å²) < 4.78 is 16.7. The van der Waals surface area contributed by atoms with E-state index in [-0.39, 0.29) is 35.7 Å². The molecule has 0 bridgehead atoms. The van der Waals surface area contributed by atoms with Crippen molar-refractivity contribution in [2.45, 2.75) is 59.0 Å². The van der Waals surface area contributed by atoms with E-state index in [2.05, 4.69) is 45.8 Å². The van der Waals surface area contributed by atoms with Crippen LogP contribution in [-0.4, -0.2) is 71.0 Å². The first-order valence-corrected chi connectivity index (χ1v) is 13.0. The summed E-state index contributed by atoms with van der Waals surface area (Å²) in [4.78, 5) is 28.8. The van der Waals surface area contributed by atoms with Gasteiger partial charge >= 0.3 is 6.01 Å². The normalized spacial score (nSPS) is 19.6. The van der Waals surface area contributed by atoms with Crippen LogP contribution in [0.3, 0.4) is 0 Å². The second kappa shape index (κ2) is 11.9. The molecule has 0 aromatic carbocycles. The molecule has 1 aliphatic heterocycles. The zero-order chi connectivity index (χ0) is 26.5. The summed E-state index contributed by atoms with van der Waals surface area (Å²) in [5.74, 6) is 2.32. The third kappa shape index (κ3) is 6.01. The molecule has 3 aromatic heterocycles. The molecule has 0 saturated carbocycles. The highest BCUT2D eigenvalue weighted by Crippen LogP contribution is 2.39. The van der Waals surface area contributed by atoms with Gasteiger partial charge in [-0.3, -0.25) is 9.89 Å². The van der Waals surface area contributed by atoms with Gasteiger partial charge in [0.2, 0.25) is 0 Å². The molecule has 10 nitrogen and oxygen atoms in total. The number of Topliss-reactive ketones (excluding diaryl/α,β-unsaturated/α-hetero) is 1. The Kier molecular flexibility index (Phi) is 8.58. The number of aromatic nitrogens is 5. The summed E-state index contributed by atoms with van der Waals surface area (Å²) in [5.41, 5.74) is 2.11. The number of nitrogens with one attached hydrogen (secondary N) is 1. The van der Waals surface area contributed by atoms with Crippen LogP contribution in [0.15, 0.2) is 18.3 Å². The van der Waals surface area contributed by atoms with Crippen molar-refractivity contribution in [1.29, 1.82) is 0 Å². The number of rotatable bonds is 11.